The Morgan fingerprint density at radius 3 is 1.40 bits per heavy atom. The first-order valence-electron chi connectivity index (χ1n) is 15.8. The predicted octanol–water partition coefficient (Wildman–Crippen LogP) is 2.31. The molecule has 10 heteroatoms. The zero-order valence-corrected chi connectivity index (χ0v) is 28.9. The summed E-state index contributed by atoms with van der Waals surface area (Å²) < 4.78 is 16.5. The summed E-state index contributed by atoms with van der Waals surface area (Å²) in [6.07, 6.45) is 9.67. The number of fused-ring (bicyclic) bond motifs is 2. The monoisotopic (exact) mass is 696 g/mol. The Morgan fingerprint density at radius 1 is 0.511 bits per heavy atom. The van der Waals surface area contributed by atoms with Gasteiger partial charge in [-0.3, -0.25) is 0 Å². The van der Waals surface area contributed by atoms with Crippen molar-refractivity contribution in [1.29, 1.82) is 0 Å². The molecule has 0 aliphatic rings. The molecule has 7 nitrogen and oxygen atoms in total. The molecule has 3 heterocycles. The number of imidazole rings is 2. The Kier molecular flexibility index (Phi) is 17.7. The zero-order chi connectivity index (χ0) is 29.0. The van der Waals surface area contributed by atoms with Crippen LogP contribution >= 0.6 is 0 Å². The minimum atomic E-state index is 0. The summed E-state index contributed by atoms with van der Waals surface area (Å²) >= 11 is 0. The van der Waals surface area contributed by atoms with Gasteiger partial charge in [0, 0.05) is 26.3 Å². The molecule has 245 valence electrons. The molecule has 5 aromatic rings. The Morgan fingerprint density at radius 2 is 0.956 bits per heavy atom. The van der Waals surface area contributed by atoms with Gasteiger partial charge in [-0.05, 0) is 49.2 Å². The third-order valence-corrected chi connectivity index (χ3v) is 7.72. The summed E-state index contributed by atoms with van der Waals surface area (Å²) in [5.41, 5.74) is 5.78. The van der Waals surface area contributed by atoms with Crippen LogP contribution < -0.4 is 24.8 Å². The summed E-state index contributed by atoms with van der Waals surface area (Å²) in [6, 6.07) is 22.7. The minimum Gasteiger partial charge on any atom is -1.00 e. The van der Waals surface area contributed by atoms with E-state index >= 15 is 0 Å². The topological polar surface area (TPSA) is 67.0 Å². The molecular weight excluding hydrogens is 652 g/mol. The Labute approximate surface area is 290 Å². The molecule has 0 amide bonds. The van der Waals surface area contributed by atoms with Gasteiger partial charge < -0.3 is 43.4 Å². The molecule has 3 aromatic heterocycles. The summed E-state index contributed by atoms with van der Waals surface area (Å²) in [5, 5.41) is 0. The average Bonchev–Trinajstić information content (AvgIpc) is 3.59. The molecule has 0 bridgehead atoms. The van der Waals surface area contributed by atoms with E-state index in [4.69, 9.17) is 24.4 Å². The number of hydrogen-bond donors (Lipinski definition) is 0. The van der Waals surface area contributed by atoms with E-state index in [0.29, 0.717) is 13.2 Å². The summed E-state index contributed by atoms with van der Waals surface area (Å²) in [6.45, 7) is 8.81. The molecule has 0 N–H and O–H groups in total. The van der Waals surface area contributed by atoms with Gasteiger partial charge >= 0.3 is 16.8 Å². The zero-order valence-electron chi connectivity index (χ0n) is 26.4. The smallest absolute Gasteiger partial charge is 1.00 e. The fraction of sp³-hybridized carbons (Fsp3) is 0.457. The van der Waals surface area contributed by atoms with Crippen molar-refractivity contribution in [2.24, 2.45) is 0 Å². The van der Waals surface area contributed by atoms with Crippen LogP contribution in [-0.2, 0) is 39.3 Å². The first-order chi connectivity index (χ1) is 20.8. The number of pyridine rings is 1. The van der Waals surface area contributed by atoms with Crippen LogP contribution in [0.25, 0.3) is 45.1 Å². The largest absolute Gasteiger partial charge is 2.00 e. The van der Waals surface area contributed by atoms with Crippen LogP contribution in [0.15, 0.2) is 66.7 Å². The first-order valence-corrected chi connectivity index (χ1v) is 15.8. The Balaban J connectivity index is 0.00000235. The third-order valence-electron chi connectivity index (χ3n) is 7.72. The summed E-state index contributed by atoms with van der Waals surface area (Å²) in [5.74, 6) is 1.71. The number of para-hydroxylation sites is 4. The second kappa shape index (κ2) is 20.6. The van der Waals surface area contributed by atoms with Gasteiger partial charge in [-0.2, -0.15) is 0 Å². The molecule has 0 fully saturated rings. The maximum atomic E-state index is 6.02. The number of nitrogens with zero attached hydrogens (tertiary/aromatic N) is 5. The SMILES string of the molecule is CCCCCCOCCn1c(-c2cccc(-c3nc4ccccc4n3CCOCCCCCC)n2)nc2ccccc21.[Cl-].[Cl-].[Co+2]. The van der Waals surface area contributed by atoms with Gasteiger partial charge in [0.1, 0.15) is 11.4 Å². The van der Waals surface area contributed by atoms with Crippen LogP contribution in [0.4, 0.5) is 0 Å². The van der Waals surface area contributed by atoms with E-state index in [9.17, 15) is 0 Å². The van der Waals surface area contributed by atoms with Crippen LogP contribution in [0.2, 0.25) is 0 Å². The first kappa shape index (κ1) is 38.7. The maximum Gasteiger partial charge on any atom is 2.00 e. The van der Waals surface area contributed by atoms with Crippen molar-refractivity contribution in [1.82, 2.24) is 24.1 Å². The molecule has 0 saturated carbocycles. The summed E-state index contributed by atoms with van der Waals surface area (Å²) in [4.78, 5) is 15.2. The van der Waals surface area contributed by atoms with Gasteiger partial charge in [0.2, 0.25) is 0 Å². The van der Waals surface area contributed by atoms with Crippen molar-refractivity contribution in [2.45, 2.75) is 78.3 Å². The van der Waals surface area contributed by atoms with Crippen molar-refractivity contribution in [2.75, 3.05) is 26.4 Å². The molecular formula is C35H45Cl2CoN5O2. The van der Waals surface area contributed by atoms with Crippen LogP contribution in [0, 0.1) is 0 Å². The van der Waals surface area contributed by atoms with E-state index in [1.807, 2.05) is 24.3 Å². The van der Waals surface area contributed by atoms with Gasteiger partial charge in [-0.15, -0.1) is 0 Å². The molecule has 0 atom stereocenters. The van der Waals surface area contributed by atoms with Crippen LogP contribution in [0.5, 0.6) is 0 Å². The van der Waals surface area contributed by atoms with Crippen LogP contribution in [-0.4, -0.2) is 50.5 Å². The van der Waals surface area contributed by atoms with Gasteiger partial charge in [-0.1, -0.05) is 82.7 Å². The van der Waals surface area contributed by atoms with E-state index in [-0.39, 0.29) is 41.6 Å². The standard InChI is InChI=1S/C35H45N5O2.2ClH.Co/c1-3-5-7-13-24-41-26-22-39-32-20-11-9-16-28(32)37-34(39)30-18-15-19-31(36-30)35-38-29-17-10-12-21-33(29)40(35)23-27-42-25-14-8-6-4-2;;;/h9-12,15-21H,3-8,13-14,22-27H2,1-2H3;2*1H;/q;;;+2/p-2. The predicted molar refractivity (Wildman–Crippen MR) is 172 cm³/mol. The Hall–Kier alpha value is -2.46. The number of hydrogen-bond acceptors (Lipinski definition) is 5. The van der Waals surface area contributed by atoms with E-state index < -0.39 is 0 Å². The quantitative estimate of drug-likeness (QED) is 0.132. The van der Waals surface area contributed by atoms with E-state index in [0.717, 1.165) is 84.2 Å². The fourth-order valence-electron chi connectivity index (χ4n) is 5.46. The van der Waals surface area contributed by atoms with Gasteiger partial charge in [0.15, 0.2) is 11.6 Å². The average molecular weight is 698 g/mol. The Bertz CT molecular complexity index is 1450. The minimum absolute atomic E-state index is 0. The van der Waals surface area contributed by atoms with E-state index in [1.165, 1.54) is 38.5 Å². The second-order valence-corrected chi connectivity index (χ2v) is 10.9. The number of unbranched alkanes of at least 4 members (excludes halogenated alkanes) is 6. The second-order valence-electron chi connectivity index (χ2n) is 10.9. The molecule has 0 saturated heterocycles. The van der Waals surface area contributed by atoms with Crippen molar-refractivity contribution in [3.8, 4) is 23.0 Å². The maximum absolute atomic E-state index is 6.02. The van der Waals surface area contributed by atoms with Crippen LogP contribution in [0.1, 0.15) is 65.2 Å². The molecule has 0 aliphatic carbocycles. The molecule has 1 radical (unpaired) electrons. The molecule has 0 aliphatic heterocycles. The van der Waals surface area contributed by atoms with Gasteiger partial charge in [0.25, 0.3) is 0 Å². The van der Waals surface area contributed by atoms with Crippen LogP contribution in [0.3, 0.4) is 0 Å². The van der Waals surface area contributed by atoms with Crippen molar-refractivity contribution in [3.05, 3.63) is 66.7 Å². The normalized spacial score (nSPS) is 10.9. The number of rotatable bonds is 18. The fourth-order valence-corrected chi connectivity index (χ4v) is 5.46. The van der Waals surface area contributed by atoms with Gasteiger partial charge in [0.05, 0.1) is 35.3 Å². The number of halogens is 2. The molecule has 0 unspecified atom stereocenters. The van der Waals surface area contributed by atoms with Crippen molar-refractivity contribution in [3.63, 3.8) is 0 Å². The number of aromatic nitrogens is 5. The van der Waals surface area contributed by atoms with E-state index in [2.05, 4.69) is 65.4 Å². The van der Waals surface area contributed by atoms with Gasteiger partial charge in [-0.25, -0.2) is 15.0 Å². The molecule has 2 aromatic carbocycles. The van der Waals surface area contributed by atoms with Crippen molar-refractivity contribution >= 4 is 22.1 Å². The molecule has 5 rings (SSSR count). The molecule has 45 heavy (non-hydrogen) atoms. The number of ether oxygens (including phenoxy) is 2. The van der Waals surface area contributed by atoms with Crippen molar-refractivity contribution < 1.29 is 51.1 Å². The third kappa shape index (κ3) is 10.3. The number of benzene rings is 2. The molecule has 0 spiro atoms. The summed E-state index contributed by atoms with van der Waals surface area (Å²) in [7, 11) is 0. The van der Waals surface area contributed by atoms with E-state index in [1.54, 1.807) is 0 Å².